The van der Waals surface area contributed by atoms with Crippen molar-refractivity contribution in [2.45, 2.75) is 62.3 Å². The third-order valence-corrected chi connectivity index (χ3v) is 4.25. The van der Waals surface area contributed by atoms with Gasteiger partial charge in [0.05, 0.1) is 6.61 Å². The van der Waals surface area contributed by atoms with E-state index in [1.165, 1.54) is 6.42 Å². The molecule has 5 fully saturated rings. The van der Waals surface area contributed by atoms with Crippen molar-refractivity contribution in [1.29, 1.82) is 0 Å². The lowest BCUT2D eigenvalue weighted by atomic mass is 9.94. The molecule has 5 nitrogen and oxygen atoms in total. The second-order valence-corrected chi connectivity index (χ2v) is 5.37. The predicted molar refractivity (Wildman–Crippen MR) is 55.2 cm³/mol. The third-order valence-electron chi connectivity index (χ3n) is 4.25. The Morgan fingerprint density at radius 3 is 2.59 bits per heavy atom. The van der Waals surface area contributed by atoms with E-state index in [2.05, 4.69) is 0 Å². The Kier molecular flexibility index (Phi) is 2.08. The van der Waals surface area contributed by atoms with Gasteiger partial charge in [0.25, 0.3) is 0 Å². The van der Waals surface area contributed by atoms with Crippen LogP contribution in [0.1, 0.15) is 32.1 Å². The van der Waals surface area contributed by atoms with Crippen molar-refractivity contribution < 1.29 is 23.7 Å². The monoisotopic (exact) mass is 240 g/mol. The molecule has 0 unspecified atom stereocenters. The van der Waals surface area contributed by atoms with E-state index in [0.29, 0.717) is 6.61 Å². The Hall–Kier alpha value is -0.650. The lowest BCUT2D eigenvalue weighted by Crippen LogP contribution is -2.61. The highest BCUT2D eigenvalue weighted by Crippen LogP contribution is 2.46. The smallest absolute Gasteiger partial charge is 0.338 e. The van der Waals surface area contributed by atoms with E-state index >= 15 is 0 Å². The van der Waals surface area contributed by atoms with Crippen molar-refractivity contribution in [3.8, 4) is 0 Å². The molecule has 0 aromatic carbocycles. The first-order chi connectivity index (χ1) is 8.27. The highest BCUT2D eigenvalue weighted by atomic mass is 16.8. The van der Waals surface area contributed by atoms with Gasteiger partial charge in [-0.05, 0) is 12.8 Å². The molecule has 1 aliphatic carbocycles. The summed E-state index contributed by atoms with van der Waals surface area (Å²) < 4.78 is 22.9. The minimum Gasteiger partial charge on any atom is -0.455 e. The molecule has 1 saturated carbocycles. The van der Waals surface area contributed by atoms with Gasteiger partial charge >= 0.3 is 5.97 Å². The SMILES string of the molecule is O=C1O[C@@H]2CO[C@H]1[C@@H]1OC3(CCCCC3)O[C@@H]12. The molecule has 0 aromatic heterocycles. The van der Waals surface area contributed by atoms with Crippen LogP contribution in [0.15, 0.2) is 0 Å². The maximum atomic E-state index is 11.6. The summed E-state index contributed by atoms with van der Waals surface area (Å²) in [5, 5.41) is 0. The van der Waals surface area contributed by atoms with Crippen LogP contribution in [0.5, 0.6) is 0 Å². The first-order valence-electron chi connectivity index (χ1n) is 6.45. The van der Waals surface area contributed by atoms with E-state index in [1.807, 2.05) is 0 Å². The van der Waals surface area contributed by atoms with Gasteiger partial charge in [-0.15, -0.1) is 0 Å². The lowest BCUT2D eigenvalue weighted by Gasteiger charge is -2.41. The molecule has 5 aliphatic rings. The summed E-state index contributed by atoms with van der Waals surface area (Å²) in [4.78, 5) is 11.6. The van der Waals surface area contributed by atoms with E-state index in [9.17, 15) is 4.79 Å². The van der Waals surface area contributed by atoms with Gasteiger partial charge in [-0.3, -0.25) is 0 Å². The first kappa shape index (κ1) is 10.3. The standard InChI is InChI=1S/C12H16O5/c13-11-10-9-8(7(15-11)6-14-10)16-12(17-9)4-2-1-3-5-12/h7-10H,1-6H2/t7-,8-,9-,10+/m1/s1. The molecule has 0 radical (unpaired) electrons. The molecule has 4 heterocycles. The zero-order valence-corrected chi connectivity index (χ0v) is 9.59. The van der Waals surface area contributed by atoms with Gasteiger partial charge < -0.3 is 18.9 Å². The summed E-state index contributed by atoms with van der Waals surface area (Å²) in [5.41, 5.74) is 0. The van der Waals surface area contributed by atoms with E-state index in [1.54, 1.807) is 0 Å². The molecule has 0 aromatic rings. The van der Waals surface area contributed by atoms with E-state index in [-0.39, 0.29) is 24.3 Å². The van der Waals surface area contributed by atoms with Crippen molar-refractivity contribution in [2.24, 2.45) is 0 Å². The fourth-order valence-corrected chi connectivity index (χ4v) is 3.41. The van der Waals surface area contributed by atoms with Gasteiger partial charge in [-0.2, -0.15) is 0 Å². The number of ether oxygens (including phenoxy) is 4. The summed E-state index contributed by atoms with van der Waals surface area (Å²) in [5.74, 6) is -0.759. The Balaban J connectivity index is 1.62. The summed E-state index contributed by atoms with van der Waals surface area (Å²) >= 11 is 0. The van der Waals surface area contributed by atoms with Gasteiger partial charge in [0.2, 0.25) is 0 Å². The van der Waals surface area contributed by atoms with Crippen molar-refractivity contribution in [2.75, 3.05) is 6.61 Å². The first-order valence-corrected chi connectivity index (χ1v) is 6.45. The summed E-state index contributed by atoms with van der Waals surface area (Å²) in [7, 11) is 0. The fourth-order valence-electron chi connectivity index (χ4n) is 3.41. The molecule has 0 N–H and O–H groups in total. The molecular formula is C12H16O5. The van der Waals surface area contributed by atoms with Crippen molar-refractivity contribution in [3.05, 3.63) is 0 Å². The van der Waals surface area contributed by atoms with Gasteiger partial charge in [0.15, 0.2) is 18.0 Å². The Labute approximate surface area is 99.3 Å². The summed E-state index contributed by atoms with van der Waals surface area (Å²) in [6, 6.07) is 0. The summed E-state index contributed by atoms with van der Waals surface area (Å²) in [6.07, 6.45) is 4.11. The maximum Gasteiger partial charge on any atom is 0.338 e. The second kappa shape index (κ2) is 3.43. The van der Waals surface area contributed by atoms with Crippen LogP contribution < -0.4 is 0 Å². The minimum absolute atomic E-state index is 0.121. The van der Waals surface area contributed by atoms with Gasteiger partial charge in [0, 0.05) is 12.8 Å². The average molecular weight is 240 g/mol. The van der Waals surface area contributed by atoms with Crippen LogP contribution in [0.3, 0.4) is 0 Å². The lowest BCUT2D eigenvalue weighted by molar-refractivity contribution is -0.229. The van der Waals surface area contributed by atoms with Gasteiger partial charge in [0.1, 0.15) is 12.2 Å². The van der Waals surface area contributed by atoms with Crippen molar-refractivity contribution >= 4 is 5.97 Å². The Morgan fingerprint density at radius 2 is 1.82 bits per heavy atom. The topological polar surface area (TPSA) is 54.0 Å². The summed E-state index contributed by atoms with van der Waals surface area (Å²) in [6.45, 7) is 0.441. The van der Waals surface area contributed by atoms with Crippen LogP contribution in [0.4, 0.5) is 0 Å². The Bertz CT molecular complexity index is 349. The zero-order chi connectivity index (χ0) is 11.5. The van der Waals surface area contributed by atoms with Crippen LogP contribution >= 0.6 is 0 Å². The van der Waals surface area contributed by atoms with E-state index in [4.69, 9.17) is 18.9 Å². The number of hydrogen-bond donors (Lipinski definition) is 0. The molecule has 94 valence electrons. The quantitative estimate of drug-likeness (QED) is 0.585. The van der Waals surface area contributed by atoms with Crippen molar-refractivity contribution in [3.63, 3.8) is 0 Å². The Morgan fingerprint density at radius 1 is 1.06 bits per heavy atom. The van der Waals surface area contributed by atoms with Crippen LogP contribution in [0.2, 0.25) is 0 Å². The van der Waals surface area contributed by atoms with Crippen LogP contribution in [0.25, 0.3) is 0 Å². The average Bonchev–Trinajstić information content (AvgIpc) is 2.70. The molecule has 4 aliphatic heterocycles. The predicted octanol–water partition coefficient (Wildman–Crippen LogP) is 0.755. The van der Waals surface area contributed by atoms with E-state index < -0.39 is 11.9 Å². The largest absolute Gasteiger partial charge is 0.455 e. The highest BCUT2D eigenvalue weighted by Gasteiger charge is 2.61. The molecule has 5 heteroatoms. The number of esters is 1. The molecule has 4 atom stereocenters. The third kappa shape index (κ3) is 1.39. The molecule has 5 rings (SSSR count). The number of rotatable bonds is 0. The normalized spacial score (nSPS) is 46.9. The maximum absolute atomic E-state index is 11.6. The highest BCUT2D eigenvalue weighted by molar-refractivity contribution is 5.77. The van der Waals surface area contributed by atoms with Gasteiger partial charge in [-0.25, -0.2) is 4.79 Å². The number of hydrogen-bond acceptors (Lipinski definition) is 5. The van der Waals surface area contributed by atoms with Crippen LogP contribution in [-0.2, 0) is 23.7 Å². The minimum atomic E-state index is -0.577. The van der Waals surface area contributed by atoms with Crippen LogP contribution in [-0.4, -0.2) is 42.8 Å². The number of carbonyl (C=O) groups is 1. The molecule has 2 bridgehead atoms. The van der Waals surface area contributed by atoms with Crippen LogP contribution in [0, 0.1) is 0 Å². The number of fused-ring (bicyclic) bond motifs is 2. The van der Waals surface area contributed by atoms with Crippen molar-refractivity contribution in [1.82, 2.24) is 0 Å². The van der Waals surface area contributed by atoms with Gasteiger partial charge in [-0.1, -0.05) is 6.42 Å². The zero-order valence-electron chi connectivity index (χ0n) is 9.59. The fraction of sp³-hybridized carbons (Fsp3) is 0.917. The molecular weight excluding hydrogens is 224 g/mol. The molecule has 17 heavy (non-hydrogen) atoms. The number of carbonyl (C=O) groups excluding carboxylic acids is 1. The molecule has 4 saturated heterocycles. The second-order valence-electron chi connectivity index (χ2n) is 5.37. The van der Waals surface area contributed by atoms with E-state index in [0.717, 1.165) is 25.7 Å². The molecule has 0 amide bonds. The molecule has 1 spiro atoms.